The van der Waals surface area contributed by atoms with Crippen LogP contribution in [0.3, 0.4) is 0 Å². The monoisotopic (exact) mass is 390 g/mol. The molecular weight excluding hydrogens is 368 g/mol. The molecule has 0 unspecified atom stereocenters. The number of nitrogens with one attached hydrogen (secondary N) is 1. The Morgan fingerprint density at radius 2 is 2.19 bits per heavy atom. The molecule has 1 aromatic carbocycles. The molecule has 1 aliphatic carbocycles. The van der Waals surface area contributed by atoms with E-state index in [2.05, 4.69) is 27.9 Å². The second-order valence-corrected chi connectivity index (χ2v) is 8.15. The van der Waals surface area contributed by atoms with Crippen molar-refractivity contribution in [2.75, 3.05) is 5.75 Å². The number of imidazole rings is 1. The highest BCUT2D eigenvalue weighted by atomic mass is 35.5. The first-order chi connectivity index (χ1) is 12.6. The maximum Gasteiger partial charge on any atom is 0.231 e. The summed E-state index contributed by atoms with van der Waals surface area (Å²) in [4.78, 5) is 17.1. The van der Waals surface area contributed by atoms with Crippen LogP contribution in [-0.4, -0.2) is 26.8 Å². The van der Waals surface area contributed by atoms with Crippen molar-refractivity contribution in [2.24, 2.45) is 0 Å². The maximum atomic E-state index is 12.4. The lowest BCUT2D eigenvalue weighted by Crippen LogP contribution is -2.49. The van der Waals surface area contributed by atoms with Gasteiger partial charge in [0.2, 0.25) is 5.91 Å². The van der Waals surface area contributed by atoms with Crippen molar-refractivity contribution in [1.82, 2.24) is 14.9 Å². The Bertz CT molecular complexity index is 836. The molecule has 0 radical (unpaired) electrons. The van der Waals surface area contributed by atoms with E-state index in [9.17, 15) is 10.1 Å². The Labute approximate surface area is 163 Å². The number of aryl methyl sites for hydroxylation is 1. The predicted octanol–water partition coefficient (Wildman–Crippen LogP) is 4.53. The lowest BCUT2D eigenvalue weighted by Gasteiger charge is -2.31. The normalized spacial score (nSPS) is 16.3. The van der Waals surface area contributed by atoms with Crippen LogP contribution >= 0.6 is 23.4 Å². The predicted molar refractivity (Wildman–Crippen MR) is 105 cm³/mol. The number of nitrogens with zero attached hydrogens (tertiary/aromatic N) is 3. The molecule has 3 rings (SSSR count). The Morgan fingerprint density at radius 3 is 2.88 bits per heavy atom. The van der Waals surface area contributed by atoms with Gasteiger partial charge in [-0.05, 0) is 37.5 Å². The molecule has 138 valence electrons. The highest BCUT2D eigenvalue weighted by Gasteiger charge is 2.33. The summed E-state index contributed by atoms with van der Waals surface area (Å²) in [6, 6.07) is 8.01. The molecule has 2 aromatic rings. The third-order valence-electron chi connectivity index (χ3n) is 4.75. The van der Waals surface area contributed by atoms with E-state index in [-0.39, 0.29) is 11.7 Å². The van der Waals surface area contributed by atoms with Gasteiger partial charge >= 0.3 is 0 Å². The molecule has 26 heavy (non-hydrogen) atoms. The topological polar surface area (TPSA) is 70.7 Å². The summed E-state index contributed by atoms with van der Waals surface area (Å²) in [6.45, 7) is 2.95. The minimum absolute atomic E-state index is 0.105. The third-order valence-corrected chi connectivity index (χ3v) is 5.97. The van der Waals surface area contributed by atoms with Crippen molar-refractivity contribution in [1.29, 1.82) is 5.26 Å². The van der Waals surface area contributed by atoms with Gasteiger partial charge in [0.15, 0.2) is 5.16 Å². The highest BCUT2D eigenvalue weighted by Crippen LogP contribution is 2.29. The van der Waals surface area contributed by atoms with Crippen molar-refractivity contribution in [3.05, 3.63) is 23.2 Å². The summed E-state index contributed by atoms with van der Waals surface area (Å²) in [6.07, 6.45) is 5.59. The van der Waals surface area contributed by atoms with Gasteiger partial charge in [0.05, 0.1) is 22.9 Å². The highest BCUT2D eigenvalue weighted by molar-refractivity contribution is 7.99. The van der Waals surface area contributed by atoms with Gasteiger partial charge in [-0.1, -0.05) is 49.5 Å². The molecule has 0 aliphatic heterocycles. The molecule has 1 heterocycles. The van der Waals surface area contributed by atoms with Crippen molar-refractivity contribution >= 4 is 40.3 Å². The molecular formula is C19H23ClN4OS. The fraction of sp³-hybridized carbons (Fsp3) is 0.526. The van der Waals surface area contributed by atoms with E-state index in [1.54, 1.807) is 0 Å². The third kappa shape index (κ3) is 4.16. The Kier molecular flexibility index (Phi) is 6.10. The van der Waals surface area contributed by atoms with Crippen LogP contribution in [0, 0.1) is 11.3 Å². The van der Waals surface area contributed by atoms with Crippen LogP contribution in [0.25, 0.3) is 11.0 Å². The van der Waals surface area contributed by atoms with Gasteiger partial charge in [0.25, 0.3) is 0 Å². The SMILES string of the molecule is CCCn1c(SCC(=O)NC2(C#N)CCCCC2)nc2cc(Cl)ccc21. The fourth-order valence-corrected chi connectivity index (χ4v) is 4.49. The first-order valence-electron chi connectivity index (χ1n) is 9.08. The summed E-state index contributed by atoms with van der Waals surface area (Å²) >= 11 is 7.49. The largest absolute Gasteiger partial charge is 0.337 e. The molecule has 1 aliphatic rings. The van der Waals surface area contributed by atoms with Crippen LogP contribution in [0.1, 0.15) is 45.4 Å². The molecule has 0 saturated heterocycles. The van der Waals surface area contributed by atoms with Crippen LogP contribution in [0.5, 0.6) is 0 Å². The molecule has 7 heteroatoms. The molecule has 0 spiro atoms. The number of hydrogen-bond donors (Lipinski definition) is 1. The number of carbonyl (C=O) groups excluding carboxylic acids is 1. The standard InChI is InChI=1S/C19H23ClN4OS/c1-2-10-24-16-7-6-14(20)11-15(16)22-18(24)26-12-17(25)23-19(13-21)8-4-3-5-9-19/h6-7,11H,2-5,8-10,12H2,1H3,(H,23,25). The zero-order valence-electron chi connectivity index (χ0n) is 14.9. The average molecular weight is 391 g/mol. The van der Waals surface area contributed by atoms with Crippen LogP contribution in [0.2, 0.25) is 5.02 Å². The Hall–Kier alpha value is -1.71. The number of aromatic nitrogens is 2. The van der Waals surface area contributed by atoms with E-state index in [0.717, 1.165) is 61.3 Å². The van der Waals surface area contributed by atoms with Crippen molar-refractivity contribution in [3.63, 3.8) is 0 Å². The average Bonchev–Trinajstić information content (AvgIpc) is 2.98. The quantitative estimate of drug-likeness (QED) is 0.735. The van der Waals surface area contributed by atoms with Crippen molar-refractivity contribution in [3.8, 4) is 6.07 Å². The molecule has 0 atom stereocenters. The number of thioether (sulfide) groups is 1. The number of nitriles is 1. The number of rotatable bonds is 6. The van der Waals surface area contributed by atoms with Crippen LogP contribution < -0.4 is 5.32 Å². The lowest BCUT2D eigenvalue weighted by atomic mass is 9.83. The Balaban J connectivity index is 1.71. The lowest BCUT2D eigenvalue weighted by molar-refractivity contribution is -0.120. The van der Waals surface area contributed by atoms with Gasteiger partial charge in [-0.25, -0.2) is 4.98 Å². The molecule has 5 nitrogen and oxygen atoms in total. The van der Waals surface area contributed by atoms with Gasteiger partial charge < -0.3 is 9.88 Å². The minimum Gasteiger partial charge on any atom is -0.337 e. The second kappa shape index (κ2) is 8.32. The van der Waals surface area contributed by atoms with E-state index >= 15 is 0 Å². The molecule has 1 saturated carbocycles. The summed E-state index contributed by atoms with van der Waals surface area (Å²) in [5.41, 5.74) is 1.18. The summed E-state index contributed by atoms with van der Waals surface area (Å²) < 4.78 is 2.13. The van der Waals surface area contributed by atoms with Crippen molar-refractivity contribution in [2.45, 2.75) is 62.7 Å². The first-order valence-corrected chi connectivity index (χ1v) is 10.4. The Morgan fingerprint density at radius 1 is 1.42 bits per heavy atom. The summed E-state index contributed by atoms with van der Waals surface area (Å²) in [5, 5.41) is 13.9. The summed E-state index contributed by atoms with van der Waals surface area (Å²) in [5.74, 6) is 0.149. The fourth-order valence-electron chi connectivity index (χ4n) is 3.48. The second-order valence-electron chi connectivity index (χ2n) is 6.77. The van der Waals surface area contributed by atoms with Crippen molar-refractivity contribution < 1.29 is 4.79 Å². The van der Waals surface area contributed by atoms with Crippen LogP contribution in [0.15, 0.2) is 23.4 Å². The van der Waals surface area contributed by atoms with Gasteiger partial charge in [-0.2, -0.15) is 5.26 Å². The number of benzene rings is 1. The van der Waals surface area contributed by atoms with E-state index in [1.165, 1.54) is 11.8 Å². The van der Waals surface area contributed by atoms with Gasteiger partial charge in [0.1, 0.15) is 5.54 Å². The number of carbonyl (C=O) groups is 1. The maximum absolute atomic E-state index is 12.4. The number of halogens is 1. The van der Waals surface area contributed by atoms with E-state index in [1.807, 2.05) is 18.2 Å². The molecule has 0 bridgehead atoms. The molecule has 1 amide bonds. The van der Waals surface area contributed by atoms with Gasteiger partial charge in [0, 0.05) is 11.6 Å². The van der Waals surface area contributed by atoms with E-state index in [0.29, 0.717) is 5.02 Å². The van der Waals surface area contributed by atoms with E-state index in [4.69, 9.17) is 11.6 Å². The molecule has 1 fully saturated rings. The number of hydrogen-bond acceptors (Lipinski definition) is 4. The van der Waals surface area contributed by atoms with Crippen LogP contribution in [0.4, 0.5) is 0 Å². The number of fused-ring (bicyclic) bond motifs is 1. The molecule has 1 N–H and O–H groups in total. The van der Waals surface area contributed by atoms with E-state index < -0.39 is 5.54 Å². The smallest absolute Gasteiger partial charge is 0.231 e. The zero-order valence-corrected chi connectivity index (χ0v) is 16.5. The minimum atomic E-state index is -0.688. The first kappa shape index (κ1) is 19.1. The zero-order chi connectivity index (χ0) is 18.6. The van der Waals surface area contributed by atoms with Crippen LogP contribution in [-0.2, 0) is 11.3 Å². The summed E-state index contributed by atoms with van der Waals surface area (Å²) in [7, 11) is 0. The van der Waals surface area contributed by atoms with Gasteiger partial charge in [-0.3, -0.25) is 4.79 Å². The molecule has 1 aromatic heterocycles. The van der Waals surface area contributed by atoms with Gasteiger partial charge in [-0.15, -0.1) is 0 Å². The number of amides is 1.